The van der Waals surface area contributed by atoms with Crippen LogP contribution in [0.15, 0.2) is 84.9 Å². The zero-order valence-corrected chi connectivity index (χ0v) is 13.3. The molecule has 0 N–H and O–H groups in total. The van der Waals surface area contributed by atoms with Crippen LogP contribution in [0.25, 0.3) is 0 Å². The molecular weight excluding hydrogens is 280 g/mol. The second kappa shape index (κ2) is 5.58. The normalized spacial score (nSPS) is 22.9. The van der Waals surface area contributed by atoms with Gasteiger partial charge in [-0.05, 0) is 17.2 Å². The standard InChI is InChI=1S/C22H20O/c1-22(18-12-6-3-7-13-18)16-21(17-10-4-2-5-11-17)23-20-15-9-8-14-19(20)22/h2-15,21H,16H2,1H3/t21-,22+/m0/s1. The van der Waals surface area contributed by atoms with Crippen LogP contribution in [0.4, 0.5) is 0 Å². The second-order valence-electron chi connectivity index (χ2n) is 6.42. The van der Waals surface area contributed by atoms with Gasteiger partial charge in [-0.3, -0.25) is 0 Å². The Morgan fingerprint density at radius 1 is 0.783 bits per heavy atom. The van der Waals surface area contributed by atoms with Gasteiger partial charge in [0.2, 0.25) is 0 Å². The molecule has 3 aromatic carbocycles. The molecule has 0 fully saturated rings. The first kappa shape index (κ1) is 14.1. The maximum Gasteiger partial charge on any atom is 0.125 e. The zero-order valence-electron chi connectivity index (χ0n) is 13.3. The van der Waals surface area contributed by atoms with Crippen LogP contribution >= 0.6 is 0 Å². The highest BCUT2D eigenvalue weighted by atomic mass is 16.5. The second-order valence-corrected chi connectivity index (χ2v) is 6.42. The Bertz CT molecular complexity index is 794. The highest BCUT2D eigenvalue weighted by molar-refractivity contribution is 5.49. The fraction of sp³-hybridized carbons (Fsp3) is 0.182. The zero-order chi connectivity index (χ0) is 15.7. The summed E-state index contributed by atoms with van der Waals surface area (Å²) in [5.41, 5.74) is 3.82. The minimum Gasteiger partial charge on any atom is -0.485 e. The van der Waals surface area contributed by atoms with Gasteiger partial charge in [-0.15, -0.1) is 0 Å². The molecule has 0 amide bonds. The van der Waals surface area contributed by atoms with Crippen LogP contribution in [0.2, 0.25) is 0 Å². The van der Waals surface area contributed by atoms with Gasteiger partial charge in [-0.1, -0.05) is 85.8 Å². The maximum absolute atomic E-state index is 6.33. The van der Waals surface area contributed by atoms with Gasteiger partial charge >= 0.3 is 0 Å². The molecule has 4 rings (SSSR count). The van der Waals surface area contributed by atoms with Crippen molar-refractivity contribution in [3.05, 3.63) is 102 Å². The van der Waals surface area contributed by atoms with Gasteiger partial charge < -0.3 is 4.74 Å². The van der Waals surface area contributed by atoms with E-state index >= 15 is 0 Å². The maximum atomic E-state index is 6.33. The first-order valence-electron chi connectivity index (χ1n) is 8.14. The van der Waals surface area contributed by atoms with Crippen LogP contribution in [-0.2, 0) is 5.41 Å². The summed E-state index contributed by atoms with van der Waals surface area (Å²) in [6.45, 7) is 2.33. The molecule has 23 heavy (non-hydrogen) atoms. The average Bonchev–Trinajstić information content (AvgIpc) is 2.63. The van der Waals surface area contributed by atoms with Crippen LogP contribution < -0.4 is 4.74 Å². The molecule has 0 saturated carbocycles. The predicted molar refractivity (Wildman–Crippen MR) is 93.8 cm³/mol. The molecule has 3 aromatic rings. The van der Waals surface area contributed by atoms with E-state index in [0.717, 1.165) is 12.2 Å². The van der Waals surface area contributed by atoms with Crippen molar-refractivity contribution in [2.75, 3.05) is 0 Å². The number of para-hydroxylation sites is 1. The van der Waals surface area contributed by atoms with Gasteiger partial charge in [0.05, 0.1) is 0 Å². The lowest BCUT2D eigenvalue weighted by Crippen LogP contribution is -2.33. The van der Waals surface area contributed by atoms with Crippen LogP contribution in [0.1, 0.15) is 36.1 Å². The molecule has 0 unspecified atom stereocenters. The molecule has 1 nitrogen and oxygen atoms in total. The summed E-state index contributed by atoms with van der Waals surface area (Å²) in [4.78, 5) is 0. The molecule has 0 aromatic heterocycles. The summed E-state index contributed by atoms with van der Waals surface area (Å²) in [7, 11) is 0. The van der Waals surface area contributed by atoms with Crippen molar-refractivity contribution in [1.82, 2.24) is 0 Å². The molecule has 1 heterocycles. The number of ether oxygens (including phenoxy) is 1. The number of rotatable bonds is 2. The van der Waals surface area contributed by atoms with Crippen LogP contribution in [0.3, 0.4) is 0 Å². The minimum absolute atomic E-state index is 0.0450. The third kappa shape index (κ3) is 2.43. The Balaban J connectivity index is 1.85. The number of benzene rings is 3. The molecule has 2 atom stereocenters. The van der Waals surface area contributed by atoms with Crippen LogP contribution in [-0.4, -0.2) is 0 Å². The molecule has 114 valence electrons. The van der Waals surface area contributed by atoms with Crippen molar-refractivity contribution in [1.29, 1.82) is 0 Å². The summed E-state index contributed by atoms with van der Waals surface area (Å²) < 4.78 is 6.33. The summed E-state index contributed by atoms with van der Waals surface area (Å²) in [5.74, 6) is 0.999. The Morgan fingerprint density at radius 3 is 2.13 bits per heavy atom. The lowest BCUT2D eigenvalue weighted by Gasteiger charge is -2.40. The lowest BCUT2D eigenvalue weighted by atomic mass is 9.70. The molecule has 1 aliphatic rings. The first-order chi connectivity index (χ1) is 11.3. The minimum atomic E-state index is -0.0450. The Morgan fingerprint density at radius 2 is 1.39 bits per heavy atom. The van der Waals surface area contributed by atoms with Crippen molar-refractivity contribution in [2.24, 2.45) is 0 Å². The number of hydrogen-bond donors (Lipinski definition) is 0. The van der Waals surface area contributed by atoms with E-state index in [2.05, 4.69) is 91.9 Å². The van der Waals surface area contributed by atoms with E-state index in [1.165, 1.54) is 16.7 Å². The largest absolute Gasteiger partial charge is 0.485 e. The SMILES string of the molecule is C[C@]1(c2ccccc2)C[C@@H](c2ccccc2)Oc2ccccc21. The van der Waals surface area contributed by atoms with Gasteiger partial charge in [0.1, 0.15) is 11.9 Å². The highest BCUT2D eigenvalue weighted by Crippen LogP contribution is 2.49. The van der Waals surface area contributed by atoms with Crippen molar-refractivity contribution in [3.63, 3.8) is 0 Å². The molecule has 0 saturated heterocycles. The van der Waals surface area contributed by atoms with E-state index in [1.54, 1.807) is 0 Å². The first-order valence-corrected chi connectivity index (χ1v) is 8.14. The molecular formula is C22H20O. The number of fused-ring (bicyclic) bond motifs is 1. The quantitative estimate of drug-likeness (QED) is 0.606. The summed E-state index contributed by atoms with van der Waals surface area (Å²) in [5, 5.41) is 0. The van der Waals surface area contributed by atoms with Crippen LogP contribution in [0.5, 0.6) is 5.75 Å². The molecule has 0 spiro atoms. The van der Waals surface area contributed by atoms with E-state index in [4.69, 9.17) is 4.74 Å². The van der Waals surface area contributed by atoms with Gasteiger partial charge in [0.25, 0.3) is 0 Å². The Labute approximate surface area is 137 Å². The summed E-state index contributed by atoms with van der Waals surface area (Å²) in [6.07, 6.45) is 1.02. The summed E-state index contributed by atoms with van der Waals surface area (Å²) in [6, 6.07) is 29.7. The Kier molecular flexibility index (Phi) is 3.42. The molecule has 0 bridgehead atoms. The lowest BCUT2D eigenvalue weighted by molar-refractivity contribution is 0.142. The monoisotopic (exact) mass is 300 g/mol. The third-order valence-electron chi connectivity index (χ3n) is 4.93. The molecule has 0 radical (unpaired) electrons. The molecule has 1 aliphatic heterocycles. The van der Waals surface area contributed by atoms with E-state index in [-0.39, 0.29) is 11.5 Å². The Hall–Kier alpha value is -2.54. The average molecular weight is 300 g/mol. The van der Waals surface area contributed by atoms with Gasteiger partial charge in [-0.2, -0.15) is 0 Å². The summed E-state index contributed by atoms with van der Waals surface area (Å²) >= 11 is 0. The van der Waals surface area contributed by atoms with Crippen molar-refractivity contribution in [2.45, 2.75) is 24.9 Å². The third-order valence-corrected chi connectivity index (χ3v) is 4.93. The van der Waals surface area contributed by atoms with E-state index in [0.29, 0.717) is 0 Å². The fourth-order valence-corrected chi connectivity index (χ4v) is 3.63. The van der Waals surface area contributed by atoms with E-state index in [9.17, 15) is 0 Å². The van der Waals surface area contributed by atoms with Gasteiger partial charge in [0.15, 0.2) is 0 Å². The van der Waals surface area contributed by atoms with Crippen molar-refractivity contribution < 1.29 is 4.74 Å². The van der Waals surface area contributed by atoms with Gasteiger partial charge in [0, 0.05) is 17.4 Å². The number of hydrogen-bond acceptors (Lipinski definition) is 1. The van der Waals surface area contributed by atoms with E-state index in [1.807, 2.05) is 0 Å². The molecule has 0 aliphatic carbocycles. The van der Waals surface area contributed by atoms with Gasteiger partial charge in [-0.25, -0.2) is 0 Å². The fourth-order valence-electron chi connectivity index (χ4n) is 3.63. The van der Waals surface area contributed by atoms with Crippen molar-refractivity contribution in [3.8, 4) is 5.75 Å². The van der Waals surface area contributed by atoms with Crippen LogP contribution in [0, 0.1) is 0 Å². The predicted octanol–water partition coefficient (Wildman–Crippen LogP) is 5.52. The highest BCUT2D eigenvalue weighted by Gasteiger charge is 2.39. The molecule has 1 heteroatoms. The van der Waals surface area contributed by atoms with E-state index < -0.39 is 0 Å². The van der Waals surface area contributed by atoms with Crippen molar-refractivity contribution >= 4 is 0 Å². The smallest absolute Gasteiger partial charge is 0.125 e. The topological polar surface area (TPSA) is 9.23 Å².